The van der Waals surface area contributed by atoms with Gasteiger partial charge in [-0.05, 0) is 58.7 Å². The lowest BCUT2D eigenvalue weighted by Crippen LogP contribution is -2.44. The molecule has 150 valence electrons. The number of piperazine rings is 1. The molecule has 30 heavy (non-hydrogen) atoms. The monoisotopic (exact) mass is 434 g/mol. The number of fused-ring (bicyclic) bond motifs is 1. The molecule has 0 spiro atoms. The number of rotatable bonds is 3. The van der Waals surface area contributed by atoms with Gasteiger partial charge in [-0.1, -0.05) is 47.5 Å². The smallest absolute Gasteiger partial charge is 0.159 e. The standard InChI is InChI=1S/C24H20Cl2N4/c25-19-5-1-16(2-6-19)21-13-18-15-28-29-24(30-11-9-27-10-12-30)23(18)14-22(21)17-3-7-20(26)8-4-17/h1-8,13-15,27H,9-12H2. The Morgan fingerprint density at radius 3 is 1.93 bits per heavy atom. The fourth-order valence-electron chi connectivity index (χ4n) is 3.96. The van der Waals surface area contributed by atoms with Crippen LogP contribution in [0.15, 0.2) is 66.9 Å². The van der Waals surface area contributed by atoms with Crippen molar-refractivity contribution in [1.82, 2.24) is 15.5 Å². The molecule has 0 unspecified atom stereocenters. The summed E-state index contributed by atoms with van der Waals surface area (Å²) in [4.78, 5) is 2.30. The highest BCUT2D eigenvalue weighted by atomic mass is 35.5. The molecule has 4 aromatic rings. The molecule has 6 heteroatoms. The van der Waals surface area contributed by atoms with Crippen molar-refractivity contribution in [2.24, 2.45) is 0 Å². The molecule has 0 aliphatic carbocycles. The molecule has 0 atom stereocenters. The minimum atomic E-state index is 0.722. The van der Waals surface area contributed by atoms with Crippen molar-refractivity contribution < 1.29 is 0 Å². The van der Waals surface area contributed by atoms with E-state index in [0.29, 0.717) is 0 Å². The van der Waals surface area contributed by atoms with E-state index in [1.54, 1.807) is 0 Å². The fourth-order valence-corrected chi connectivity index (χ4v) is 4.22. The van der Waals surface area contributed by atoms with Crippen LogP contribution in [0.5, 0.6) is 0 Å². The first-order valence-electron chi connectivity index (χ1n) is 9.96. The summed E-state index contributed by atoms with van der Waals surface area (Å²) in [6.07, 6.45) is 1.84. The Kier molecular flexibility index (Phi) is 5.30. The van der Waals surface area contributed by atoms with E-state index in [-0.39, 0.29) is 0 Å². The molecular formula is C24H20Cl2N4. The van der Waals surface area contributed by atoms with Crippen LogP contribution in [-0.4, -0.2) is 36.4 Å². The summed E-state index contributed by atoms with van der Waals surface area (Å²) >= 11 is 12.3. The Balaban J connectivity index is 1.74. The van der Waals surface area contributed by atoms with Crippen LogP contribution in [-0.2, 0) is 0 Å². The van der Waals surface area contributed by atoms with Crippen molar-refractivity contribution >= 4 is 39.8 Å². The average molecular weight is 435 g/mol. The van der Waals surface area contributed by atoms with Crippen LogP contribution >= 0.6 is 23.2 Å². The quantitative estimate of drug-likeness (QED) is 0.450. The van der Waals surface area contributed by atoms with Crippen molar-refractivity contribution in [1.29, 1.82) is 0 Å². The molecule has 5 rings (SSSR count). The molecular weight excluding hydrogens is 415 g/mol. The molecule has 2 heterocycles. The second-order valence-corrected chi connectivity index (χ2v) is 8.28. The lowest BCUT2D eigenvalue weighted by Gasteiger charge is -2.29. The molecule has 1 aliphatic heterocycles. The molecule has 1 aromatic heterocycles. The number of benzene rings is 3. The molecule has 3 aromatic carbocycles. The largest absolute Gasteiger partial charge is 0.352 e. The lowest BCUT2D eigenvalue weighted by atomic mass is 9.92. The zero-order valence-electron chi connectivity index (χ0n) is 16.3. The third kappa shape index (κ3) is 3.74. The fraction of sp³-hybridized carbons (Fsp3) is 0.167. The first kappa shape index (κ1) is 19.3. The Labute approximate surface area is 185 Å². The third-order valence-electron chi connectivity index (χ3n) is 5.51. The Morgan fingerprint density at radius 1 is 0.767 bits per heavy atom. The van der Waals surface area contributed by atoms with Gasteiger partial charge in [0.15, 0.2) is 5.82 Å². The summed E-state index contributed by atoms with van der Waals surface area (Å²) in [6.45, 7) is 3.74. The zero-order chi connectivity index (χ0) is 20.5. The number of hydrogen-bond acceptors (Lipinski definition) is 4. The van der Waals surface area contributed by atoms with E-state index in [9.17, 15) is 0 Å². The predicted octanol–water partition coefficient (Wildman–Crippen LogP) is 5.68. The van der Waals surface area contributed by atoms with E-state index >= 15 is 0 Å². The number of anilines is 1. The Hall–Kier alpha value is -2.66. The van der Waals surface area contributed by atoms with Crippen molar-refractivity contribution in [2.75, 3.05) is 31.1 Å². The van der Waals surface area contributed by atoms with Crippen molar-refractivity contribution in [3.8, 4) is 22.3 Å². The van der Waals surface area contributed by atoms with Gasteiger partial charge in [-0.2, -0.15) is 5.10 Å². The molecule has 0 amide bonds. The molecule has 0 radical (unpaired) electrons. The molecule has 4 nitrogen and oxygen atoms in total. The maximum atomic E-state index is 6.15. The van der Waals surface area contributed by atoms with Crippen LogP contribution in [0.25, 0.3) is 33.0 Å². The van der Waals surface area contributed by atoms with E-state index < -0.39 is 0 Å². The first-order chi connectivity index (χ1) is 14.7. The van der Waals surface area contributed by atoms with Gasteiger partial charge in [-0.15, -0.1) is 5.10 Å². The number of aromatic nitrogens is 2. The Morgan fingerprint density at radius 2 is 1.33 bits per heavy atom. The van der Waals surface area contributed by atoms with E-state index in [2.05, 4.69) is 56.8 Å². The van der Waals surface area contributed by atoms with Crippen LogP contribution in [0, 0.1) is 0 Å². The molecule has 1 aliphatic rings. The van der Waals surface area contributed by atoms with Gasteiger partial charge in [0.05, 0.1) is 6.20 Å². The van der Waals surface area contributed by atoms with Gasteiger partial charge in [-0.25, -0.2) is 0 Å². The summed E-state index contributed by atoms with van der Waals surface area (Å²) in [7, 11) is 0. The minimum Gasteiger partial charge on any atom is -0.352 e. The van der Waals surface area contributed by atoms with Crippen LogP contribution < -0.4 is 10.2 Å². The predicted molar refractivity (Wildman–Crippen MR) is 126 cm³/mol. The second kappa shape index (κ2) is 8.23. The summed E-state index contributed by atoms with van der Waals surface area (Å²) in [5.41, 5.74) is 4.47. The van der Waals surface area contributed by atoms with Crippen LogP contribution in [0.2, 0.25) is 10.0 Å². The normalized spacial score (nSPS) is 14.3. The van der Waals surface area contributed by atoms with Gasteiger partial charge in [-0.3, -0.25) is 0 Å². The number of halogens is 2. The van der Waals surface area contributed by atoms with Gasteiger partial charge in [0, 0.05) is 47.0 Å². The summed E-state index contributed by atoms with van der Waals surface area (Å²) in [5.74, 6) is 0.937. The van der Waals surface area contributed by atoms with Crippen molar-refractivity contribution in [3.05, 3.63) is 76.9 Å². The number of nitrogens with zero attached hydrogens (tertiary/aromatic N) is 3. The average Bonchev–Trinajstić information content (AvgIpc) is 2.79. The number of hydrogen-bond donors (Lipinski definition) is 1. The highest BCUT2D eigenvalue weighted by molar-refractivity contribution is 6.31. The van der Waals surface area contributed by atoms with Crippen LogP contribution in [0.1, 0.15) is 0 Å². The zero-order valence-corrected chi connectivity index (χ0v) is 17.8. The SMILES string of the molecule is Clc1ccc(-c2cc3cnnc(N4CCNCC4)c3cc2-c2ccc(Cl)cc2)cc1. The summed E-state index contributed by atoms with van der Waals surface area (Å²) < 4.78 is 0. The van der Waals surface area contributed by atoms with E-state index in [1.807, 2.05) is 30.5 Å². The van der Waals surface area contributed by atoms with Gasteiger partial charge in [0.25, 0.3) is 0 Å². The maximum Gasteiger partial charge on any atom is 0.159 e. The van der Waals surface area contributed by atoms with E-state index in [4.69, 9.17) is 23.2 Å². The highest BCUT2D eigenvalue weighted by Crippen LogP contribution is 2.38. The van der Waals surface area contributed by atoms with E-state index in [0.717, 1.165) is 75.1 Å². The molecule has 0 saturated carbocycles. The lowest BCUT2D eigenvalue weighted by molar-refractivity contribution is 0.584. The van der Waals surface area contributed by atoms with Crippen LogP contribution in [0.4, 0.5) is 5.82 Å². The van der Waals surface area contributed by atoms with Crippen molar-refractivity contribution in [3.63, 3.8) is 0 Å². The topological polar surface area (TPSA) is 41.1 Å². The Bertz CT molecular complexity index is 1180. The molecule has 1 fully saturated rings. The highest BCUT2D eigenvalue weighted by Gasteiger charge is 2.18. The van der Waals surface area contributed by atoms with Gasteiger partial charge in [0.1, 0.15) is 0 Å². The molecule has 1 N–H and O–H groups in total. The van der Waals surface area contributed by atoms with Gasteiger partial charge >= 0.3 is 0 Å². The number of nitrogens with one attached hydrogen (secondary N) is 1. The third-order valence-corrected chi connectivity index (χ3v) is 6.01. The summed E-state index contributed by atoms with van der Waals surface area (Å²) in [5, 5.41) is 15.8. The van der Waals surface area contributed by atoms with Gasteiger partial charge in [0.2, 0.25) is 0 Å². The molecule has 1 saturated heterocycles. The first-order valence-corrected chi connectivity index (χ1v) is 10.7. The van der Waals surface area contributed by atoms with Crippen LogP contribution in [0.3, 0.4) is 0 Å². The summed E-state index contributed by atoms with van der Waals surface area (Å²) in [6, 6.07) is 20.3. The second-order valence-electron chi connectivity index (χ2n) is 7.40. The van der Waals surface area contributed by atoms with Gasteiger partial charge < -0.3 is 10.2 Å². The van der Waals surface area contributed by atoms with Crippen molar-refractivity contribution in [2.45, 2.75) is 0 Å². The molecule has 0 bridgehead atoms. The minimum absolute atomic E-state index is 0.722. The van der Waals surface area contributed by atoms with E-state index in [1.165, 1.54) is 0 Å². The maximum absolute atomic E-state index is 6.15.